The number of hydrogen-bond acceptors (Lipinski definition) is 24. The average Bonchev–Trinajstić information content (AvgIpc) is 1.68. The molecule has 3 amide bonds. The molecule has 3 aromatic carbocycles. The molecule has 2 spiro atoms. The third-order valence-corrected chi connectivity index (χ3v) is 26.0. The van der Waals surface area contributed by atoms with Gasteiger partial charge in [-0.1, -0.05) is 61.5 Å². The van der Waals surface area contributed by atoms with Crippen molar-refractivity contribution in [2.75, 3.05) is 158 Å². The van der Waals surface area contributed by atoms with E-state index in [1.807, 2.05) is 21.7 Å². The minimum atomic E-state index is -4.67. The summed E-state index contributed by atoms with van der Waals surface area (Å²) in [7, 11) is 6.28. The van der Waals surface area contributed by atoms with Crippen LogP contribution in [0.4, 0.5) is 74.4 Å². The first-order valence-corrected chi connectivity index (χ1v) is 42.2. The Labute approximate surface area is 729 Å². The molecule has 9 aromatic rings. The summed E-state index contributed by atoms with van der Waals surface area (Å²) in [6.45, 7) is 20.5. The lowest BCUT2D eigenvalue weighted by Crippen LogP contribution is -2.48. The fourth-order valence-corrected chi connectivity index (χ4v) is 18.4. The molecular formula is C86H93Cl3F9N21O6. The molecule has 1 unspecified atom stereocenters. The summed E-state index contributed by atoms with van der Waals surface area (Å²) in [5.41, 5.74) is 15.1. The molecule has 6 saturated heterocycles. The Hall–Kier alpha value is -10.9. The largest absolute Gasteiger partial charge is 0.462 e. The second-order valence-corrected chi connectivity index (χ2v) is 34.1. The van der Waals surface area contributed by atoms with Gasteiger partial charge in [-0.25, -0.2) is 15.0 Å². The third kappa shape index (κ3) is 19.0. The van der Waals surface area contributed by atoms with Crippen molar-refractivity contribution >= 4 is 120 Å². The molecule has 0 radical (unpaired) electrons. The average molecular weight is 1790 g/mol. The van der Waals surface area contributed by atoms with Gasteiger partial charge in [-0.15, -0.1) is 0 Å². The molecule has 125 heavy (non-hydrogen) atoms. The number of likely N-dealkylation sites (tertiary alicyclic amines) is 3. The number of rotatable bonds is 18. The summed E-state index contributed by atoms with van der Waals surface area (Å²) in [5, 5.41) is 1.78. The minimum Gasteiger partial charge on any atom is -0.462 e. The molecule has 0 bridgehead atoms. The van der Waals surface area contributed by atoms with E-state index in [1.165, 1.54) is 62.1 Å². The van der Waals surface area contributed by atoms with E-state index < -0.39 is 35.2 Å². The minimum absolute atomic E-state index is 0.0418. The first-order chi connectivity index (χ1) is 59.4. The third-order valence-electron chi connectivity index (χ3n) is 25.1. The van der Waals surface area contributed by atoms with Gasteiger partial charge in [0.25, 0.3) is 0 Å². The van der Waals surface area contributed by atoms with E-state index >= 15 is 0 Å². The van der Waals surface area contributed by atoms with E-state index in [1.54, 1.807) is 32.9 Å². The van der Waals surface area contributed by atoms with Crippen LogP contribution in [0.1, 0.15) is 81.4 Å². The van der Waals surface area contributed by atoms with Crippen LogP contribution in [0, 0.1) is 5.92 Å². The summed E-state index contributed by atoms with van der Waals surface area (Å²) < 4.78 is 144. The van der Waals surface area contributed by atoms with Gasteiger partial charge < -0.3 is 60.8 Å². The van der Waals surface area contributed by atoms with E-state index in [9.17, 15) is 53.9 Å². The van der Waals surface area contributed by atoms with Crippen LogP contribution in [0.15, 0.2) is 111 Å². The van der Waals surface area contributed by atoms with E-state index in [0.717, 1.165) is 75.0 Å². The Balaban J connectivity index is 0.000000145. The van der Waals surface area contributed by atoms with Crippen LogP contribution >= 0.6 is 34.8 Å². The van der Waals surface area contributed by atoms with E-state index in [4.69, 9.17) is 81.2 Å². The van der Waals surface area contributed by atoms with Crippen molar-refractivity contribution in [2.24, 2.45) is 5.92 Å². The second kappa shape index (κ2) is 35.5. The number of piperazine rings is 3. The highest BCUT2D eigenvalue weighted by atomic mass is 35.5. The smallest absolute Gasteiger partial charge is 0.418 e. The number of nitrogen functional groups attached to an aromatic ring is 3. The zero-order valence-corrected chi connectivity index (χ0v) is 71.3. The lowest BCUT2D eigenvalue weighted by molar-refractivity contribution is -0.138. The van der Waals surface area contributed by atoms with Gasteiger partial charge in [0, 0.05) is 147 Å². The number of amides is 3. The lowest BCUT2D eigenvalue weighted by Gasteiger charge is -2.35. The van der Waals surface area contributed by atoms with Crippen molar-refractivity contribution in [3.63, 3.8) is 0 Å². The number of likely N-dealkylation sites (N-methyl/N-ethyl adjacent to an activating group) is 3. The number of fused-ring (bicyclic) bond motifs is 3. The van der Waals surface area contributed by atoms with E-state index in [-0.39, 0.29) is 120 Å². The Morgan fingerprint density at radius 1 is 0.432 bits per heavy atom. The fourth-order valence-electron chi connectivity index (χ4n) is 17.7. The molecule has 662 valence electrons. The molecule has 39 heteroatoms. The quantitative estimate of drug-likeness (QED) is 0.0531. The fraction of sp³-hybridized carbons (Fsp3) is 0.442. The number of carbonyl (C=O) groups is 3. The van der Waals surface area contributed by atoms with Crippen LogP contribution < -0.4 is 46.1 Å². The number of carbonyl (C=O) groups excluding carboxylic acids is 3. The Kier molecular flexibility index (Phi) is 25.2. The molecule has 4 atom stereocenters. The highest BCUT2D eigenvalue weighted by Crippen LogP contribution is 2.53. The van der Waals surface area contributed by atoms with Crippen LogP contribution in [-0.4, -0.2) is 247 Å². The van der Waals surface area contributed by atoms with Gasteiger partial charge in [-0.3, -0.25) is 29.1 Å². The number of alkyl halides is 9. The molecule has 27 nitrogen and oxygen atoms in total. The number of nitrogens with two attached hydrogens (primary N) is 3. The SMILES string of the molecule is C=CC(=O)N1CCN(c2nc(OCC3CCC4(CC4)N3C)nc3cc(-c4nc(N)ccc4C(F)(F)F)c(Cl)cc23)CC1.C=CC(=O)N1CCN(c2nc(OC[C@@H]3CCC4(CC4)N3C)nc3cc(-c4nc(N)ccc4C(F)(F)F)c(Cl)cc23)CC1.C=CC(=O)N1CCN(c2nc(OC[C@@H]3C[C@@H](C)CN3C)nc3cc(-c4nc(N)ccc4C(F)(F)F)c(Cl)cc23)CC1. The lowest BCUT2D eigenvalue weighted by atomic mass is 10.0. The van der Waals surface area contributed by atoms with Crippen molar-refractivity contribution in [3.8, 4) is 51.8 Å². The van der Waals surface area contributed by atoms with Gasteiger partial charge in [0.15, 0.2) is 0 Å². The summed E-state index contributed by atoms with van der Waals surface area (Å²) in [5.74, 6) is 1.46. The Morgan fingerprint density at radius 3 is 0.968 bits per heavy atom. The molecule has 2 aliphatic carbocycles. The van der Waals surface area contributed by atoms with Gasteiger partial charge in [-0.2, -0.15) is 69.4 Å². The first kappa shape index (κ1) is 88.9. The van der Waals surface area contributed by atoms with E-state index in [2.05, 4.69) is 85.4 Å². The van der Waals surface area contributed by atoms with Gasteiger partial charge in [0.05, 0.1) is 65.4 Å². The molecule has 6 aromatic heterocycles. The maximum absolute atomic E-state index is 13.9. The van der Waals surface area contributed by atoms with Crippen molar-refractivity contribution < 1.29 is 68.1 Å². The first-order valence-electron chi connectivity index (χ1n) is 41.0. The topological polar surface area (TPSA) is 302 Å². The maximum atomic E-state index is 13.9. The number of anilines is 6. The highest BCUT2D eigenvalue weighted by molar-refractivity contribution is 6.35. The number of hydrogen-bond donors (Lipinski definition) is 3. The predicted molar refractivity (Wildman–Crippen MR) is 461 cm³/mol. The highest BCUT2D eigenvalue weighted by Gasteiger charge is 2.54. The second-order valence-electron chi connectivity index (χ2n) is 32.9. The van der Waals surface area contributed by atoms with Gasteiger partial charge in [0.1, 0.15) is 54.7 Å². The van der Waals surface area contributed by atoms with Crippen LogP contribution in [0.2, 0.25) is 15.1 Å². The number of ether oxygens (including phenoxy) is 3. The maximum Gasteiger partial charge on any atom is 0.418 e. The van der Waals surface area contributed by atoms with Crippen LogP contribution in [0.5, 0.6) is 18.0 Å². The summed E-state index contributed by atoms with van der Waals surface area (Å²) in [4.78, 5) is 94.4. The van der Waals surface area contributed by atoms with Crippen LogP contribution in [0.25, 0.3) is 66.5 Å². The molecule has 6 aliphatic heterocycles. The molecule has 6 N–H and O–H groups in total. The zero-order chi connectivity index (χ0) is 89.1. The number of benzene rings is 3. The number of halogens is 12. The van der Waals surface area contributed by atoms with Gasteiger partial charge >= 0.3 is 36.6 Å². The van der Waals surface area contributed by atoms with Crippen molar-refractivity contribution in [1.82, 2.24) is 74.3 Å². The van der Waals surface area contributed by atoms with Crippen molar-refractivity contribution in [2.45, 2.75) is 112 Å². The van der Waals surface area contributed by atoms with E-state index in [0.29, 0.717) is 166 Å². The predicted octanol–water partition coefficient (Wildman–Crippen LogP) is 14.1. The summed E-state index contributed by atoms with van der Waals surface area (Å²) in [6.07, 6.45) is -0.141. The Bertz CT molecular complexity index is 5440. The van der Waals surface area contributed by atoms with Crippen molar-refractivity contribution in [1.29, 1.82) is 0 Å². The summed E-state index contributed by atoms with van der Waals surface area (Å²) in [6, 6.07) is 16.0. The van der Waals surface area contributed by atoms with Gasteiger partial charge in [-0.05, 0) is 176 Å². The molecule has 2 saturated carbocycles. The molecule has 8 fully saturated rings. The molecule has 12 heterocycles. The molecular weight excluding hydrogens is 1700 g/mol. The monoisotopic (exact) mass is 1790 g/mol. The number of pyridine rings is 3. The van der Waals surface area contributed by atoms with Crippen LogP contribution in [0.3, 0.4) is 0 Å². The summed E-state index contributed by atoms with van der Waals surface area (Å²) >= 11 is 19.8. The number of aromatic nitrogens is 9. The Morgan fingerprint density at radius 2 is 0.720 bits per heavy atom. The molecule has 8 aliphatic rings. The van der Waals surface area contributed by atoms with Crippen molar-refractivity contribution in [3.05, 3.63) is 143 Å². The molecule has 17 rings (SSSR count). The van der Waals surface area contributed by atoms with Gasteiger partial charge in [0.2, 0.25) is 17.7 Å². The standard InChI is InChI=1S/2C29H31ClF3N7O2.C28H31ClF3N7O2/c2*1-3-24(41)39-10-12-40(13-11-39)26-19-14-21(30)18(25-20(29(31,32)33)4-5-23(34)36-25)15-22(19)35-27(37-26)42-16-17-6-7-28(8-9-28)38(17)2;1-4-24(40)38-7-9-39(10-8-38)26-19-12-21(29)18(25-20(28(30,31)32)5-6-23(33)35-25)13-22(19)34-27(36-26)41-15-17-11-16(2)14-37(17)3/h2*3-5,14-15,17H,1,6-13,16H2,2H3,(H2,34,36);4-6,12-13,16-17H,1,7-11,14-15H2,2-3H3,(H2,33,35)/t17-;;16-,17+/m0.1/s1. The normalized spacial score (nSPS) is 20.3. The van der Waals surface area contributed by atoms with Crippen LogP contribution in [-0.2, 0) is 32.9 Å². The number of nitrogens with zero attached hydrogens (tertiary/aromatic N) is 18. The zero-order valence-electron chi connectivity index (χ0n) is 69.0.